The molecule has 0 aromatic rings. The Hall–Kier alpha value is -0.180. The van der Waals surface area contributed by atoms with Gasteiger partial charge in [-0.25, -0.2) is 0 Å². The molecule has 0 aromatic carbocycles. The zero-order valence-corrected chi connectivity index (χ0v) is 12.3. The minimum absolute atomic E-state index is 0.171. The number of thiol groups is 1. The van der Waals surface area contributed by atoms with Crippen molar-refractivity contribution in [1.29, 1.82) is 0 Å². The summed E-state index contributed by atoms with van der Waals surface area (Å²) in [6.07, 6.45) is 6.77. The average Bonchev–Trinajstić information content (AvgIpc) is 2.37. The predicted octanol–water partition coefficient (Wildman–Crippen LogP) is 3.84. The minimum atomic E-state index is -0.236. The minimum Gasteiger partial charge on any atom is -0.458 e. The molecule has 0 unspecified atom stereocenters. The highest BCUT2D eigenvalue weighted by Crippen LogP contribution is 2.41. The quantitative estimate of drug-likeness (QED) is 0.599. The van der Waals surface area contributed by atoms with Gasteiger partial charge in [-0.1, -0.05) is 33.6 Å². The van der Waals surface area contributed by atoms with Crippen molar-refractivity contribution in [3.05, 3.63) is 0 Å². The molecule has 1 saturated carbocycles. The third kappa shape index (κ3) is 3.64. The van der Waals surface area contributed by atoms with Crippen molar-refractivity contribution in [1.82, 2.24) is 0 Å². The molecule has 100 valence electrons. The lowest BCUT2D eigenvalue weighted by Crippen LogP contribution is -2.43. The number of esters is 1. The second-order valence-corrected chi connectivity index (χ2v) is 5.68. The van der Waals surface area contributed by atoms with Crippen molar-refractivity contribution in [2.24, 2.45) is 11.8 Å². The summed E-state index contributed by atoms with van der Waals surface area (Å²) in [6, 6.07) is 0. The van der Waals surface area contributed by atoms with Gasteiger partial charge in [0, 0.05) is 0 Å². The van der Waals surface area contributed by atoms with Crippen LogP contribution in [0, 0.1) is 11.8 Å². The summed E-state index contributed by atoms with van der Waals surface area (Å²) in [5, 5.41) is 0. The fourth-order valence-corrected chi connectivity index (χ4v) is 3.16. The van der Waals surface area contributed by atoms with Gasteiger partial charge in [0.1, 0.15) is 5.60 Å². The Morgan fingerprint density at radius 3 is 2.18 bits per heavy atom. The Morgan fingerprint density at radius 2 is 1.76 bits per heavy atom. The fraction of sp³-hybridized carbons (Fsp3) is 0.929. The first-order valence-electron chi connectivity index (χ1n) is 6.90. The van der Waals surface area contributed by atoms with E-state index in [4.69, 9.17) is 4.74 Å². The second-order valence-electron chi connectivity index (χ2n) is 5.36. The van der Waals surface area contributed by atoms with Crippen LogP contribution in [-0.4, -0.2) is 17.3 Å². The van der Waals surface area contributed by atoms with E-state index in [1.807, 2.05) is 0 Å². The van der Waals surface area contributed by atoms with Gasteiger partial charge in [-0.15, -0.1) is 0 Å². The molecule has 0 spiro atoms. The molecule has 0 heterocycles. The Bertz CT molecular complexity index is 241. The molecule has 0 amide bonds. The molecule has 1 rings (SSSR count). The van der Waals surface area contributed by atoms with E-state index in [-0.39, 0.29) is 17.3 Å². The van der Waals surface area contributed by atoms with E-state index >= 15 is 0 Å². The first-order valence-corrected chi connectivity index (χ1v) is 7.53. The predicted molar refractivity (Wildman–Crippen MR) is 74.4 cm³/mol. The van der Waals surface area contributed by atoms with Gasteiger partial charge >= 0.3 is 5.97 Å². The number of hydrogen-bond acceptors (Lipinski definition) is 3. The topological polar surface area (TPSA) is 26.3 Å². The lowest BCUT2D eigenvalue weighted by molar-refractivity contribution is -0.166. The third-order valence-corrected chi connectivity index (χ3v) is 4.66. The molecule has 2 nitrogen and oxygen atoms in total. The molecule has 0 N–H and O–H groups in total. The van der Waals surface area contributed by atoms with Crippen molar-refractivity contribution in [2.45, 2.75) is 64.9 Å². The first-order chi connectivity index (χ1) is 8.07. The maximum Gasteiger partial charge on any atom is 0.316 e. The van der Waals surface area contributed by atoms with Crippen molar-refractivity contribution in [2.75, 3.05) is 5.75 Å². The van der Waals surface area contributed by atoms with Gasteiger partial charge in [0.15, 0.2) is 0 Å². The van der Waals surface area contributed by atoms with Gasteiger partial charge in [-0.3, -0.25) is 4.79 Å². The van der Waals surface area contributed by atoms with E-state index in [0.717, 1.165) is 18.8 Å². The summed E-state index contributed by atoms with van der Waals surface area (Å²) in [4.78, 5) is 11.6. The van der Waals surface area contributed by atoms with E-state index in [2.05, 4.69) is 33.4 Å². The number of rotatable bonds is 5. The second kappa shape index (κ2) is 6.67. The maximum atomic E-state index is 11.6. The maximum absolute atomic E-state index is 11.6. The van der Waals surface area contributed by atoms with Crippen LogP contribution >= 0.6 is 12.6 Å². The van der Waals surface area contributed by atoms with E-state index in [1.54, 1.807) is 0 Å². The molecule has 0 radical (unpaired) electrons. The molecule has 1 aliphatic carbocycles. The van der Waals surface area contributed by atoms with Gasteiger partial charge < -0.3 is 4.74 Å². The summed E-state index contributed by atoms with van der Waals surface area (Å²) in [7, 11) is 0. The summed E-state index contributed by atoms with van der Waals surface area (Å²) < 4.78 is 5.75. The van der Waals surface area contributed by atoms with Crippen molar-refractivity contribution < 1.29 is 9.53 Å². The molecule has 1 fully saturated rings. The van der Waals surface area contributed by atoms with E-state index in [9.17, 15) is 4.79 Å². The Labute approximate surface area is 111 Å². The van der Waals surface area contributed by atoms with E-state index in [0.29, 0.717) is 5.92 Å². The third-order valence-electron chi connectivity index (χ3n) is 4.40. The summed E-state index contributed by atoms with van der Waals surface area (Å²) >= 11 is 4.01. The van der Waals surface area contributed by atoms with Crippen LogP contribution in [0.4, 0.5) is 0 Å². The molecule has 0 aromatic heterocycles. The van der Waals surface area contributed by atoms with Crippen LogP contribution in [0.2, 0.25) is 0 Å². The lowest BCUT2D eigenvalue weighted by atomic mass is 9.71. The molecule has 0 atom stereocenters. The Kier molecular flexibility index (Phi) is 5.84. The highest BCUT2D eigenvalue weighted by molar-refractivity contribution is 7.81. The zero-order valence-electron chi connectivity index (χ0n) is 11.4. The molecule has 0 saturated heterocycles. The van der Waals surface area contributed by atoms with Crippen LogP contribution < -0.4 is 0 Å². The van der Waals surface area contributed by atoms with E-state index < -0.39 is 0 Å². The first kappa shape index (κ1) is 14.9. The van der Waals surface area contributed by atoms with Crippen LogP contribution in [0.25, 0.3) is 0 Å². The molecule has 0 aliphatic heterocycles. The van der Waals surface area contributed by atoms with Crippen LogP contribution in [0.15, 0.2) is 0 Å². The fourth-order valence-electron chi connectivity index (χ4n) is 3.10. The van der Waals surface area contributed by atoms with Crippen molar-refractivity contribution >= 4 is 18.6 Å². The average molecular weight is 258 g/mol. The monoisotopic (exact) mass is 258 g/mol. The number of ether oxygens (including phenoxy) is 1. The zero-order chi connectivity index (χ0) is 12.9. The lowest BCUT2D eigenvalue weighted by Gasteiger charge is -2.42. The Morgan fingerprint density at radius 1 is 1.24 bits per heavy atom. The summed E-state index contributed by atoms with van der Waals surface area (Å²) in [5.41, 5.74) is -0.236. The van der Waals surface area contributed by atoms with Gasteiger partial charge in [0.2, 0.25) is 0 Å². The smallest absolute Gasteiger partial charge is 0.316 e. The number of hydrogen-bond donors (Lipinski definition) is 1. The largest absolute Gasteiger partial charge is 0.458 e. The molecular weight excluding hydrogens is 232 g/mol. The molecule has 3 heteroatoms. The van der Waals surface area contributed by atoms with Gasteiger partial charge in [-0.05, 0) is 37.5 Å². The molecule has 1 aliphatic rings. The molecule has 17 heavy (non-hydrogen) atoms. The summed E-state index contributed by atoms with van der Waals surface area (Å²) in [6.45, 7) is 6.58. The van der Waals surface area contributed by atoms with Crippen LogP contribution in [0.5, 0.6) is 0 Å². The van der Waals surface area contributed by atoms with Crippen LogP contribution in [-0.2, 0) is 9.53 Å². The summed E-state index contributed by atoms with van der Waals surface area (Å²) in [5.74, 6) is 1.39. The molecule has 0 bridgehead atoms. The van der Waals surface area contributed by atoms with Crippen molar-refractivity contribution in [3.63, 3.8) is 0 Å². The van der Waals surface area contributed by atoms with Gasteiger partial charge in [0.05, 0.1) is 5.75 Å². The van der Waals surface area contributed by atoms with Crippen LogP contribution in [0.1, 0.15) is 59.3 Å². The normalized spacial score (nSPS) is 25.6. The van der Waals surface area contributed by atoms with Gasteiger partial charge in [-0.2, -0.15) is 12.6 Å². The standard InChI is InChI=1S/C14H26O2S/c1-4-14(5-2,16-13(15)10-17)12-8-6-11(3)7-9-12/h11-12,17H,4-10H2,1-3H3. The number of carbonyl (C=O) groups excluding carboxylic acids is 1. The van der Waals surface area contributed by atoms with E-state index in [1.165, 1.54) is 25.7 Å². The number of carbonyl (C=O) groups is 1. The van der Waals surface area contributed by atoms with Crippen LogP contribution in [0.3, 0.4) is 0 Å². The van der Waals surface area contributed by atoms with Crippen molar-refractivity contribution in [3.8, 4) is 0 Å². The Balaban J connectivity index is 2.72. The molecular formula is C14H26O2S. The highest BCUT2D eigenvalue weighted by Gasteiger charge is 2.40. The SMILES string of the molecule is CCC(CC)(OC(=O)CS)C1CCC(C)CC1. The van der Waals surface area contributed by atoms with Gasteiger partial charge in [0.25, 0.3) is 0 Å². The highest BCUT2D eigenvalue weighted by atomic mass is 32.1.